The summed E-state index contributed by atoms with van der Waals surface area (Å²) in [5, 5.41) is 7.17. The lowest BCUT2D eigenvalue weighted by atomic mass is 10.1. The first-order valence-electron chi connectivity index (χ1n) is 10.0. The zero-order valence-electron chi connectivity index (χ0n) is 16.7. The molecule has 1 aromatic rings. The minimum absolute atomic E-state index is 0.416. The van der Waals surface area contributed by atoms with Crippen LogP contribution in [0.4, 0.5) is 0 Å². The van der Waals surface area contributed by atoms with Crippen LogP contribution in [0.5, 0.6) is 0 Å². The van der Waals surface area contributed by atoms with Gasteiger partial charge in [0.1, 0.15) is 5.76 Å². The fourth-order valence-electron chi connectivity index (χ4n) is 3.13. The molecule has 1 saturated heterocycles. The minimum Gasteiger partial charge on any atom is -0.469 e. The summed E-state index contributed by atoms with van der Waals surface area (Å²) in [4.78, 5) is 7.30. The predicted molar refractivity (Wildman–Crippen MR) is 107 cm³/mol. The summed E-state index contributed by atoms with van der Waals surface area (Å²) in [6.45, 7) is 9.39. The highest BCUT2D eigenvalue weighted by Crippen LogP contribution is 2.11. The maximum absolute atomic E-state index is 5.40. The van der Waals surface area contributed by atoms with Crippen LogP contribution < -0.4 is 10.6 Å². The highest BCUT2D eigenvalue weighted by atomic mass is 16.5. The molecule has 1 aliphatic rings. The summed E-state index contributed by atoms with van der Waals surface area (Å²) in [5.74, 6) is 1.92. The van der Waals surface area contributed by atoms with E-state index in [9.17, 15) is 0 Å². The van der Waals surface area contributed by atoms with Gasteiger partial charge in [-0.25, -0.2) is 0 Å². The van der Waals surface area contributed by atoms with E-state index in [1.165, 1.54) is 0 Å². The van der Waals surface area contributed by atoms with Crippen molar-refractivity contribution in [3.63, 3.8) is 0 Å². The van der Waals surface area contributed by atoms with Crippen LogP contribution in [0.15, 0.2) is 27.8 Å². The fourth-order valence-corrected chi connectivity index (χ4v) is 3.13. The maximum atomic E-state index is 5.40. The molecule has 1 atom stereocenters. The summed E-state index contributed by atoms with van der Waals surface area (Å²) in [6, 6.07) is 4.84. The number of likely N-dealkylation sites (tertiary alicyclic amines) is 1. The van der Waals surface area contributed by atoms with E-state index in [2.05, 4.69) is 29.4 Å². The number of piperidine rings is 1. The van der Waals surface area contributed by atoms with Crippen molar-refractivity contribution < 1.29 is 9.15 Å². The van der Waals surface area contributed by atoms with Crippen molar-refractivity contribution in [2.75, 3.05) is 39.9 Å². The van der Waals surface area contributed by atoms with Gasteiger partial charge in [0.2, 0.25) is 0 Å². The van der Waals surface area contributed by atoms with Gasteiger partial charge in [-0.3, -0.25) is 4.99 Å². The van der Waals surface area contributed by atoms with Crippen LogP contribution in [0.25, 0.3) is 0 Å². The van der Waals surface area contributed by atoms with E-state index in [0.717, 1.165) is 76.6 Å². The molecule has 0 saturated carbocycles. The predicted octanol–water partition coefficient (Wildman–Crippen LogP) is 2.66. The Morgan fingerprint density at radius 2 is 2.23 bits per heavy atom. The quantitative estimate of drug-likeness (QED) is 0.380. The van der Waals surface area contributed by atoms with Gasteiger partial charge in [0.15, 0.2) is 5.96 Å². The van der Waals surface area contributed by atoms with Crippen LogP contribution >= 0.6 is 0 Å². The SMILES string of the molecule is CCC(C)NC(=NCCc1ccco1)NC1CCN(CCCOC)CC1. The van der Waals surface area contributed by atoms with Crippen molar-refractivity contribution in [3.05, 3.63) is 24.2 Å². The molecule has 6 heteroatoms. The first-order valence-corrected chi connectivity index (χ1v) is 10.0. The standard InChI is InChI=1S/C20H36N4O2/c1-4-17(2)22-20(21-11-8-19-7-5-16-26-19)23-18-9-13-24(14-10-18)12-6-15-25-3/h5,7,16-18H,4,6,8-15H2,1-3H3,(H2,21,22,23). The number of methoxy groups -OCH3 is 1. The first-order chi connectivity index (χ1) is 12.7. The molecule has 2 heterocycles. The van der Waals surface area contributed by atoms with E-state index in [4.69, 9.17) is 14.1 Å². The molecule has 1 unspecified atom stereocenters. The van der Waals surface area contributed by atoms with Gasteiger partial charge in [-0.05, 0) is 44.7 Å². The average Bonchev–Trinajstić information content (AvgIpc) is 3.16. The monoisotopic (exact) mass is 364 g/mol. The number of guanidine groups is 1. The Balaban J connectivity index is 1.78. The molecule has 0 bridgehead atoms. The van der Waals surface area contributed by atoms with Gasteiger partial charge in [-0.1, -0.05) is 6.92 Å². The Kier molecular flexibility index (Phi) is 9.56. The third kappa shape index (κ3) is 7.79. The van der Waals surface area contributed by atoms with Crippen LogP contribution in [-0.2, 0) is 11.2 Å². The summed E-state index contributed by atoms with van der Waals surface area (Å²) >= 11 is 0. The molecule has 1 aromatic heterocycles. The normalized spacial score (nSPS) is 18.0. The second kappa shape index (κ2) is 12.0. The van der Waals surface area contributed by atoms with Crippen molar-refractivity contribution in [3.8, 4) is 0 Å². The van der Waals surface area contributed by atoms with E-state index < -0.39 is 0 Å². The number of rotatable bonds is 10. The third-order valence-corrected chi connectivity index (χ3v) is 4.95. The molecule has 26 heavy (non-hydrogen) atoms. The zero-order chi connectivity index (χ0) is 18.6. The van der Waals surface area contributed by atoms with Crippen LogP contribution in [0.3, 0.4) is 0 Å². The van der Waals surface area contributed by atoms with Gasteiger partial charge in [-0.15, -0.1) is 0 Å². The summed E-state index contributed by atoms with van der Waals surface area (Å²) in [6.07, 6.45) is 7.06. The van der Waals surface area contributed by atoms with Gasteiger partial charge in [0.25, 0.3) is 0 Å². The van der Waals surface area contributed by atoms with E-state index in [1.807, 2.05) is 12.1 Å². The minimum atomic E-state index is 0.416. The molecular formula is C20H36N4O2. The van der Waals surface area contributed by atoms with Crippen LogP contribution in [0, 0.1) is 0 Å². The summed E-state index contributed by atoms with van der Waals surface area (Å²) < 4.78 is 10.5. The van der Waals surface area contributed by atoms with Gasteiger partial charge in [0.05, 0.1) is 6.26 Å². The maximum Gasteiger partial charge on any atom is 0.191 e. The van der Waals surface area contributed by atoms with Crippen molar-refractivity contribution in [2.24, 2.45) is 4.99 Å². The van der Waals surface area contributed by atoms with E-state index in [0.29, 0.717) is 12.1 Å². The summed E-state index contributed by atoms with van der Waals surface area (Å²) in [7, 11) is 1.77. The Hall–Kier alpha value is -1.53. The van der Waals surface area contributed by atoms with E-state index >= 15 is 0 Å². The molecule has 0 aromatic carbocycles. The van der Waals surface area contributed by atoms with E-state index in [1.54, 1.807) is 13.4 Å². The number of ether oxygens (including phenoxy) is 1. The first kappa shape index (κ1) is 20.8. The molecule has 0 spiro atoms. The molecule has 148 valence electrons. The second-order valence-electron chi connectivity index (χ2n) is 7.12. The Morgan fingerprint density at radius 3 is 2.88 bits per heavy atom. The molecule has 1 aliphatic heterocycles. The molecular weight excluding hydrogens is 328 g/mol. The van der Waals surface area contributed by atoms with Crippen LogP contribution in [-0.4, -0.2) is 62.8 Å². The van der Waals surface area contributed by atoms with Gasteiger partial charge in [0, 0.05) is 58.4 Å². The molecule has 0 amide bonds. The molecule has 2 N–H and O–H groups in total. The van der Waals surface area contributed by atoms with Crippen molar-refractivity contribution in [1.82, 2.24) is 15.5 Å². The Labute approximate surface area is 158 Å². The van der Waals surface area contributed by atoms with Crippen molar-refractivity contribution >= 4 is 5.96 Å². The molecule has 2 rings (SSSR count). The number of furan rings is 1. The topological polar surface area (TPSA) is 62.0 Å². The molecule has 0 aliphatic carbocycles. The van der Waals surface area contributed by atoms with E-state index in [-0.39, 0.29) is 0 Å². The Bertz CT molecular complexity index is 496. The Morgan fingerprint density at radius 1 is 1.42 bits per heavy atom. The van der Waals surface area contributed by atoms with Crippen molar-refractivity contribution in [1.29, 1.82) is 0 Å². The second-order valence-corrected chi connectivity index (χ2v) is 7.12. The lowest BCUT2D eigenvalue weighted by Gasteiger charge is -2.33. The molecule has 1 fully saturated rings. The lowest BCUT2D eigenvalue weighted by molar-refractivity contribution is 0.155. The number of nitrogens with zero attached hydrogens (tertiary/aromatic N) is 2. The third-order valence-electron chi connectivity index (χ3n) is 4.95. The van der Waals surface area contributed by atoms with Crippen molar-refractivity contribution in [2.45, 2.75) is 58.0 Å². The fraction of sp³-hybridized carbons (Fsp3) is 0.750. The van der Waals surface area contributed by atoms with Gasteiger partial charge >= 0.3 is 0 Å². The highest BCUT2D eigenvalue weighted by Gasteiger charge is 2.20. The lowest BCUT2D eigenvalue weighted by Crippen LogP contribution is -2.50. The van der Waals surface area contributed by atoms with Gasteiger partial charge < -0.3 is 24.7 Å². The zero-order valence-corrected chi connectivity index (χ0v) is 16.7. The largest absolute Gasteiger partial charge is 0.469 e. The average molecular weight is 365 g/mol. The van der Waals surface area contributed by atoms with Gasteiger partial charge in [-0.2, -0.15) is 0 Å². The highest BCUT2D eigenvalue weighted by molar-refractivity contribution is 5.80. The summed E-state index contributed by atoms with van der Waals surface area (Å²) in [5.41, 5.74) is 0. The molecule has 6 nitrogen and oxygen atoms in total. The number of hydrogen-bond acceptors (Lipinski definition) is 4. The number of nitrogens with one attached hydrogen (secondary N) is 2. The van der Waals surface area contributed by atoms with Crippen LogP contribution in [0.2, 0.25) is 0 Å². The number of aliphatic imine (C=N–C) groups is 1. The van der Waals surface area contributed by atoms with Crippen LogP contribution in [0.1, 0.15) is 45.3 Å². The number of hydrogen-bond donors (Lipinski definition) is 2. The molecule has 0 radical (unpaired) electrons. The smallest absolute Gasteiger partial charge is 0.191 e.